The van der Waals surface area contributed by atoms with Gasteiger partial charge in [-0.2, -0.15) is 0 Å². The molecule has 1 aromatic rings. The summed E-state index contributed by atoms with van der Waals surface area (Å²) in [6, 6.07) is 7.58. The lowest BCUT2D eigenvalue weighted by Crippen LogP contribution is -2.20. The molecule has 82 valence electrons. The number of phenols is 1. The van der Waals surface area contributed by atoms with E-state index >= 15 is 0 Å². The fraction of sp³-hybridized carbons (Fsp3) is 0.538. The van der Waals surface area contributed by atoms with Crippen LogP contribution in [0.2, 0.25) is 0 Å². The van der Waals surface area contributed by atoms with Crippen molar-refractivity contribution in [1.29, 1.82) is 0 Å². The Kier molecular flexibility index (Phi) is 3.27. The highest BCUT2D eigenvalue weighted by atomic mass is 16.5. The van der Waals surface area contributed by atoms with Gasteiger partial charge in [-0.3, -0.25) is 0 Å². The first kappa shape index (κ1) is 10.5. The van der Waals surface area contributed by atoms with Gasteiger partial charge in [-0.15, -0.1) is 0 Å². The highest BCUT2D eigenvalue weighted by molar-refractivity contribution is 5.28. The van der Waals surface area contributed by atoms with Crippen molar-refractivity contribution in [3.8, 4) is 5.75 Å². The summed E-state index contributed by atoms with van der Waals surface area (Å²) in [5, 5.41) is 9.23. The lowest BCUT2D eigenvalue weighted by Gasteiger charge is -2.28. The molecule has 0 aliphatic carbocycles. The molecule has 1 aromatic carbocycles. The molecule has 2 rings (SSSR count). The molecule has 1 atom stereocenters. The zero-order valence-electron chi connectivity index (χ0n) is 9.15. The maximum atomic E-state index is 9.23. The normalized spacial score (nSPS) is 20.1. The molecule has 15 heavy (non-hydrogen) atoms. The molecule has 0 aromatic heterocycles. The van der Waals surface area contributed by atoms with E-state index in [2.05, 4.69) is 6.92 Å². The predicted octanol–water partition coefficient (Wildman–Crippen LogP) is 2.92. The minimum Gasteiger partial charge on any atom is -0.508 e. The Morgan fingerprint density at radius 3 is 2.40 bits per heavy atom. The molecule has 0 spiro atoms. The standard InChI is InChI=1S/C13H18O2/c1-10(12-6-8-15-9-7-12)11-2-4-13(14)5-3-11/h2-5,10,12,14H,6-9H2,1H3. The summed E-state index contributed by atoms with van der Waals surface area (Å²) in [7, 11) is 0. The van der Waals surface area contributed by atoms with Crippen LogP contribution in [0.1, 0.15) is 31.2 Å². The van der Waals surface area contributed by atoms with Crippen LogP contribution in [0.4, 0.5) is 0 Å². The minimum absolute atomic E-state index is 0.345. The first-order valence-corrected chi connectivity index (χ1v) is 5.64. The molecule has 1 aliphatic rings. The van der Waals surface area contributed by atoms with Crippen LogP contribution in [0.15, 0.2) is 24.3 Å². The highest BCUT2D eigenvalue weighted by Crippen LogP contribution is 2.32. The van der Waals surface area contributed by atoms with Crippen LogP contribution in [0.5, 0.6) is 5.75 Å². The smallest absolute Gasteiger partial charge is 0.115 e. The molecule has 1 N–H and O–H groups in total. The van der Waals surface area contributed by atoms with Crippen molar-refractivity contribution in [3.63, 3.8) is 0 Å². The fourth-order valence-corrected chi connectivity index (χ4v) is 2.27. The number of benzene rings is 1. The molecule has 0 bridgehead atoms. The van der Waals surface area contributed by atoms with E-state index in [1.807, 2.05) is 12.1 Å². The second-order valence-electron chi connectivity index (χ2n) is 4.33. The molecule has 1 fully saturated rings. The molecule has 0 radical (unpaired) electrons. The third kappa shape index (κ3) is 2.51. The lowest BCUT2D eigenvalue weighted by molar-refractivity contribution is 0.0596. The van der Waals surface area contributed by atoms with Crippen LogP contribution < -0.4 is 0 Å². The van der Waals surface area contributed by atoms with Gasteiger partial charge in [0.2, 0.25) is 0 Å². The van der Waals surface area contributed by atoms with Gasteiger partial charge in [0.05, 0.1) is 0 Å². The van der Waals surface area contributed by atoms with Crippen molar-refractivity contribution >= 4 is 0 Å². The monoisotopic (exact) mass is 206 g/mol. The Morgan fingerprint density at radius 2 is 1.80 bits per heavy atom. The molecule has 0 saturated carbocycles. The largest absolute Gasteiger partial charge is 0.508 e. The Hall–Kier alpha value is -1.02. The highest BCUT2D eigenvalue weighted by Gasteiger charge is 2.21. The molecule has 1 heterocycles. The molecule has 0 amide bonds. The van der Waals surface area contributed by atoms with Crippen molar-refractivity contribution in [2.75, 3.05) is 13.2 Å². The number of hydrogen-bond acceptors (Lipinski definition) is 2. The van der Waals surface area contributed by atoms with E-state index in [9.17, 15) is 5.11 Å². The number of rotatable bonds is 2. The van der Waals surface area contributed by atoms with Crippen molar-refractivity contribution in [1.82, 2.24) is 0 Å². The molecular weight excluding hydrogens is 188 g/mol. The first-order valence-electron chi connectivity index (χ1n) is 5.64. The van der Waals surface area contributed by atoms with Crippen LogP contribution in [0, 0.1) is 5.92 Å². The number of hydrogen-bond donors (Lipinski definition) is 1. The summed E-state index contributed by atoms with van der Waals surface area (Å²) >= 11 is 0. The molecule has 1 saturated heterocycles. The third-order valence-corrected chi connectivity index (χ3v) is 3.39. The van der Waals surface area contributed by atoms with Gasteiger partial charge in [0, 0.05) is 13.2 Å². The van der Waals surface area contributed by atoms with Crippen LogP contribution >= 0.6 is 0 Å². The number of aromatic hydroxyl groups is 1. The maximum absolute atomic E-state index is 9.23. The van der Waals surface area contributed by atoms with E-state index in [4.69, 9.17) is 4.74 Å². The van der Waals surface area contributed by atoms with Crippen LogP contribution in [0.25, 0.3) is 0 Å². The molecule has 1 aliphatic heterocycles. The number of ether oxygens (including phenoxy) is 1. The number of phenolic OH excluding ortho intramolecular Hbond substituents is 1. The quantitative estimate of drug-likeness (QED) is 0.806. The van der Waals surface area contributed by atoms with Gasteiger partial charge >= 0.3 is 0 Å². The Morgan fingerprint density at radius 1 is 1.20 bits per heavy atom. The van der Waals surface area contributed by atoms with E-state index in [-0.39, 0.29) is 0 Å². The Balaban J connectivity index is 2.05. The summed E-state index contributed by atoms with van der Waals surface area (Å²) < 4.78 is 5.36. The zero-order chi connectivity index (χ0) is 10.7. The van der Waals surface area contributed by atoms with Crippen LogP contribution in [-0.4, -0.2) is 18.3 Å². The van der Waals surface area contributed by atoms with Gasteiger partial charge in [0.25, 0.3) is 0 Å². The predicted molar refractivity (Wildman–Crippen MR) is 60.1 cm³/mol. The van der Waals surface area contributed by atoms with Crippen LogP contribution in [-0.2, 0) is 4.74 Å². The van der Waals surface area contributed by atoms with E-state index in [1.165, 1.54) is 5.56 Å². The summed E-state index contributed by atoms with van der Waals surface area (Å²) in [6.07, 6.45) is 2.31. The van der Waals surface area contributed by atoms with Crippen LogP contribution in [0.3, 0.4) is 0 Å². The van der Waals surface area contributed by atoms with Gasteiger partial charge < -0.3 is 9.84 Å². The van der Waals surface area contributed by atoms with Gasteiger partial charge in [0.1, 0.15) is 5.75 Å². The Labute approximate surface area is 90.9 Å². The van der Waals surface area contributed by atoms with Crippen molar-refractivity contribution in [3.05, 3.63) is 29.8 Å². The summed E-state index contributed by atoms with van der Waals surface area (Å²) in [5.74, 6) is 1.63. The lowest BCUT2D eigenvalue weighted by atomic mass is 9.83. The van der Waals surface area contributed by atoms with Gasteiger partial charge in [0.15, 0.2) is 0 Å². The first-order chi connectivity index (χ1) is 7.27. The summed E-state index contributed by atoms with van der Waals surface area (Å²) in [5.41, 5.74) is 1.32. The summed E-state index contributed by atoms with van der Waals surface area (Å²) in [6.45, 7) is 4.06. The fourth-order valence-electron chi connectivity index (χ4n) is 2.27. The third-order valence-electron chi connectivity index (χ3n) is 3.39. The molecule has 2 heteroatoms. The zero-order valence-corrected chi connectivity index (χ0v) is 9.15. The van der Waals surface area contributed by atoms with E-state index in [1.54, 1.807) is 12.1 Å². The van der Waals surface area contributed by atoms with E-state index in [0.29, 0.717) is 11.7 Å². The molecule has 1 unspecified atom stereocenters. The van der Waals surface area contributed by atoms with E-state index < -0.39 is 0 Å². The van der Waals surface area contributed by atoms with Crippen molar-refractivity contribution < 1.29 is 9.84 Å². The van der Waals surface area contributed by atoms with Crippen molar-refractivity contribution in [2.24, 2.45) is 5.92 Å². The molecule has 2 nitrogen and oxygen atoms in total. The average molecular weight is 206 g/mol. The van der Waals surface area contributed by atoms with Gasteiger partial charge in [-0.1, -0.05) is 19.1 Å². The molecular formula is C13H18O2. The van der Waals surface area contributed by atoms with E-state index in [0.717, 1.165) is 32.0 Å². The van der Waals surface area contributed by atoms with Gasteiger partial charge in [-0.05, 0) is 42.4 Å². The average Bonchev–Trinajstić information content (AvgIpc) is 2.30. The topological polar surface area (TPSA) is 29.5 Å². The maximum Gasteiger partial charge on any atom is 0.115 e. The SMILES string of the molecule is CC(c1ccc(O)cc1)C1CCOCC1. The minimum atomic E-state index is 0.345. The van der Waals surface area contributed by atoms with Crippen molar-refractivity contribution in [2.45, 2.75) is 25.7 Å². The van der Waals surface area contributed by atoms with Gasteiger partial charge in [-0.25, -0.2) is 0 Å². The Bertz CT molecular complexity index is 299. The second-order valence-corrected chi connectivity index (χ2v) is 4.33. The summed E-state index contributed by atoms with van der Waals surface area (Å²) in [4.78, 5) is 0. The second kappa shape index (κ2) is 4.67.